The largest absolute Gasteiger partial charge is 0.481 e. The molecule has 178 valence electrons. The number of nitrogens with one attached hydrogen (secondary N) is 1. The predicted octanol–water partition coefficient (Wildman–Crippen LogP) is 6.39. The van der Waals surface area contributed by atoms with E-state index in [1.807, 2.05) is 60.7 Å². The van der Waals surface area contributed by atoms with Gasteiger partial charge in [0.25, 0.3) is 0 Å². The molecule has 0 fully saturated rings. The first-order valence-corrected chi connectivity index (χ1v) is 11.3. The lowest BCUT2D eigenvalue weighted by Crippen LogP contribution is -2.16. The first kappa shape index (κ1) is 24.0. The van der Waals surface area contributed by atoms with Gasteiger partial charge >= 0.3 is 12.1 Å². The number of aryl methyl sites for hydroxylation is 1. The van der Waals surface area contributed by atoms with Crippen LogP contribution in [0.4, 0.5) is 10.5 Å². The third kappa shape index (κ3) is 6.07. The fraction of sp³-hybridized carbons (Fsp3) is 0.148. The first-order valence-electron chi connectivity index (χ1n) is 11.0. The van der Waals surface area contributed by atoms with Crippen LogP contribution in [0, 0.1) is 6.92 Å². The Bertz CT molecular complexity index is 1370. The average Bonchev–Trinajstić information content (AvgIpc) is 3.20. The lowest BCUT2D eigenvalue weighted by Gasteiger charge is -2.09. The fourth-order valence-electron chi connectivity index (χ4n) is 3.68. The van der Waals surface area contributed by atoms with Crippen molar-refractivity contribution in [1.29, 1.82) is 0 Å². The average molecular weight is 491 g/mol. The second kappa shape index (κ2) is 10.9. The zero-order valence-electron chi connectivity index (χ0n) is 19.0. The summed E-state index contributed by atoms with van der Waals surface area (Å²) in [6, 6.07) is 22.3. The highest BCUT2D eigenvalue weighted by Gasteiger charge is 2.19. The number of carboxylic acid groups (broad SMARTS) is 1. The Morgan fingerprint density at radius 2 is 1.71 bits per heavy atom. The monoisotopic (exact) mass is 490 g/mol. The second-order valence-corrected chi connectivity index (χ2v) is 8.33. The van der Waals surface area contributed by atoms with E-state index in [1.165, 1.54) is 0 Å². The lowest BCUT2D eigenvalue weighted by molar-refractivity contribution is -0.136. The number of carbonyl (C=O) groups is 2. The number of carboxylic acids is 1. The summed E-state index contributed by atoms with van der Waals surface area (Å²) in [5, 5.41) is 16.4. The minimum atomic E-state index is -0.887. The minimum absolute atomic E-state index is 0.0541. The molecule has 1 aromatic heterocycles. The van der Waals surface area contributed by atoms with Crippen molar-refractivity contribution in [3.63, 3.8) is 0 Å². The van der Waals surface area contributed by atoms with E-state index in [2.05, 4.69) is 10.5 Å². The Hall–Kier alpha value is -4.10. The van der Waals surface area contributed by atoms with Crippen LogP contribution in [0.15, 0.2) is 77.3 Å². The van der Waals surface area contributed by atoms with Crippen LogP contribution in [0.5, 0.6) is 0 Å². The molecule has 0 saturated heterocycles. The number of halogens is 1. The van der Waals surface area contributed by atoms with Gasteiger partial charge in [-0.3, -0.25) is 10.1 Å². The van der Waals surface area contributed by atoms with Gasteiger partial charge in [-0.05, 0) is 41.3 Å². The molecule has 0 aliphatic rings. The maximum absolute atomic E-state index is 12.5. The molecule has 0 aliphatic carbocycles. The molecule has 3 aromatic carbocycles. The van der Waals surface area contributed by atoms with Crippen molar-refractivity contribution in [3.8, 4) is 22.5 Å². The molecule has 4 rings (SSSR count). The highest BCUT2D eigenvalue weighted by Crippen LogP contribution is 2.33. The third-order valence-electron chi connectivity index (χ3n) is 5.39. The van der Waals surface area contributed by atoms with Crippen LogP contribution in [-0.4, -0.2) is 28.9 Å². The summed E-state index contributed by atoms with van der Waals surface area (Å²) in [5.74, 6) is -0.489. The van der Waals surface area contributed by atoms with Gasteiger partial charge in [0.2, 0.25) is 0 Å². The number of hydrogen-bond donors (Lipinski definition) is 2. The van der Waals surface area contributed by atoms with Gasteiger partial charge in [-0.1, -0.05) is 77.4 Å². The molecule has 0 unspecified atom stereocenters. The van der Waals surface area contributed by atoms with Crippen LogP contribution in [-0.2, 0) is 22.4 Å². The third-order valence-corrected chi connectivity index (χ3v) is 5.76. The highest BCUT2D eigenvalue weighted by molar-refractivity contribution is 6.31. The van der Waals surface area contributed by atoms with Crippen LogP contribution in [0.2, 0.25) is 5.02 Å². The van der Waals surface area contributed by atoms with Crippen LogP contribution < -0.4 is 5.32 Å². The molecule has 0 saturated carbocycles. The quantitative estimate of drug-likeness (QED) is 0.297. The summed E-state index contributed by atoms with van der Waals surface area (Å²) in [7, 11) is 0. The fourth-order valence-corrected chi connectivity index (χ4v) is 3.91. The molecule has 0 atom stereocenters. The second-order valence-electron chi connectivity index (χ2n) is 7.93. The molecule has 0 bridgehead atoms. The van der Waals surface area contributed by atoms with E-state index in [0.717, 1.165) is 16.7 Å². The number of benzene rings is 3. The van der Waals surface area contributed by atoms with Crippen molar-refractivity contribution in [2.24, 2.45) is 0 Å². The van der Waals surface area contributed by atoms with Crippen molar-refractivity contribution < 1.29 is 24.0 Å². The van der Waals surface area contributed by atoms with Crippen LogP contribution in [0.3, 0.4) is 0 Å². The smallest absolute Gasteiger partial charge is 0.411 e. The predicted molar refractivity (Wildman–Crippen MR) is 134 cm³/mol. The van der Waals surface area contributed by atoms with E-state index in [1.54, 1.807) is 19.1 Å². The topological polar surface area (TPSA) is 102 Å². The molecular weight excluding hydrogens is 468 g/mol. The van der Waals surface area contributed by atoms with Crippen LogP contribution >= 0.6 is 11.6 Å². The van der Waals surface area contributed by atoms with E-state index in [4.69, 9.17) is 26.0 Å². The summed E-state index contributed by atoms with van der Waals surface area (Å²) in [5.41, 5.74) is 4.98. The van der Waals surface area contributed by atoms with Crippen LogP contribution in [0.1, 0.15) is 16.8 Å². The van der Waals surface area contributed by atoms with Gasteiger partial charge in [-0.15, -0.1) is 0 Å². The standard InChI is InChI=1S/C27H23ClN2O5/c1-17-25(29-27(33)34-13-12-19-7-2-3-11-23(19)28)26(35-30-17)22-10-5-9-21(16-22)20-8-4-6-18(14-20)15-24(31)32/h2-11,14,16H,12-13,15H2,1H3,(H,29,33)(H,31,32). The number of anilines is 1. The van der Waals surface area contributed by atoms with Crippen molar-refractivity contribution in [2.75, 3.05) is 11.9 Å². The normalized spacial score (nSPS) is 10.7. The number of amides is 1. The SMILES string of the molecule is Cc1noc(-c2cccc(-c3cccc(CC(=O)O)c3)c2)c1NC(=O)OCCc1ccccc1Cl. The highest BCUT2D eigenvalue weighted by atomic mass is 35.5. The molecular formula is C27H23ClN2O5. The van der Waals surface area contributed by atoms with Crippen molar-refractivity contribution in [2.45, 2.75) is 19.8 Å². The molecule has 4 aromatic rings. The van der Waals surface area contributed by atoms with E-state index in [0.29, 0.717) is 39.7 Å². The zero-order valence-corrected chi connectivity index (χ0v) is 19.7. The Morgan fingerprint density at radius 1 is 1.00 bits per heavy atom. The molecule has 2 N–H and O–H groups in total. The van der Waals surface area contributed by atoms with E-state index in [9.17, 15) is 9.59 Å². The van der Waals surface area contributed by atoms with Gasteiger partial charge in [0.1, 0.15) is 11.4 Å². The first-order chi connectivity index (χ1) is 16.9. The van der Waals surface area contributed by atoms with Gasteiger partial charge in [0.05, 0.1) is 13.0 Å². The number of rotatable bonds is 8. The summed E-state index contributed by atoms with van der Waals surface area (Å²) in [4.78, 5) is 23.5. The van der Waals surface area contributed by atoms with E-state index in [-0.39, 0.29) is 13.0 Å². The van der Waals surface area contributed by atoms with E-state index < -0.39 is 12.1 Å². The molecule has 8 heteroatoms. The number of nitrogens with zero attached hydrogens (tertiary/aromatic N) is 1. The minimum Gasteiger partial charge on any atom is -0.481 e. The van der Waals surface area contributed by atoms with Gasteiger partial charge in [-0.2, -0.15) is 0 Å². The molecule has 7 nitrogen and oxygen atoms in total. The molecule has 1 heterocycles. The number of hydrogen-bond acceptors (Lipinski definition) is 5. The number of aromatic nitrogens is 1. The van der Waals surface area contributed by atoms with Gasteiger partial charge in [0.15, 0.2) is 5.76 Å². The maximum Gasteiger partial charge on any atom is 0.411 e. The number of ether oxygens (including phenoxy) is 1. The van der Waals surface area contributed by atoms with Gasteiger partial charge in [0, 0.05) is 17.0 Å². The van der Waals surface area contributed by atoms with Gasteiger partial charge in [-0.25, -0.2) is 4.79 Å². The van der Waals surface area contributed by atoms with Crippen molar-refractivity contribution >= 4 is 29.4 Å². The van der Waals surface area contributed by atoms with Crippen molar-refractivity contribution in [1.82, 2.24) is 5.16 Å². The van der Waals surface area contributed by atoms with Gasteiger partial charge < -0.3 is 14.4 Å². The summed E-state index contributed by atoms with van der Waals surface area (Å²) in [6.07, 6.45) is -0.185. The summed E-state index contributed by atoms with van der Waals surface area (Å²) < 4.78 is 10.9. The van der Waals surface area contributed by atoms with Crippen LogP contribution in [0.25, 0.3) is 22.5 Å². The number of aliphatic carboxylic acids is 1. The van der Waals surface area contributed by atoms with E-state index >= 15 is 0 Å². The van der Waals surface area contributed by atoms with Crippen molar-refractivity contribution in [3.05, 3.63) is 94.6 Å². The molecule has 0 radical (unpaired) electrons. The maximum atomic E-state index is 12.5. The summed E-state index contributed by atoms with van der Waals surface area (Å²) >= 11 is 6.15. The lowest BCUT2D eigenvalue weighted by atomic mass is 9.99. The Labute approximate surface area is 207 Å². The Kier molecular flexibility index (Phi) is 7.48. The Balaban J connectivity index is 1.49. The molecule has 0 aliphatic heterocycles. The molecule has 35 heavy (non-hydrogen) atoms. The Morgan fingerprint density at radius 3 is 2.49 bits per heavy atom. The molecule has 0 spiro atoms. The summed E-state index contributed by atoms with van der Waals surface area (Å²) in [6.45, 7) is 1.89. The zero-order chi connectivity index (χ0) is 24.8. The number of carbonyl (C=O) groups excluding carboxylic acids is 1. The molecule has 1 amide bonds.